The van der Waals surface area contributed by atoms with Crippen LogP contribution in [-0.2, 0) is 11.8 Å². The summed E-state index contributed by atoms with van der Waals surface area (Å²) in [6.45, 7) is 1.49. The molecule has 0 aliphatic rings. The number of carbonyl (C=O) groups excluding carboxylic acids is 1. The predicted molar refractivity (Wildman–Crippen MR) is 118 cm³/mol. The summed E-state index contributed by atoms with van der Waals surface area (Å²) in [5, 5.41) is 4.71. The first-order valence-corrected chi connectivity index (χ1v) is 9.68. The molecular formula is C24H21FN4O2. The van der Waals surface area contributed by atoms with Gasteiger partial charge in [-0.25, -0.2) is 4.39 Å². The molecule has 0 saturated carbocycles. The molecule has 0 radical (unpaired) electrons. The van der Waals surface area contributed by atoms with Gasteiger partial charge in [0, 0.05) is 31.9 Å². The van der Waals surface area contributed by atoms with Crippen molar-refractivity contribution in [1.82, 2.24) is 14.8 Å². The summed E-state index contributed by atoms with van der Waals surface area (Å²) in [5.41, 5.74) is 3.53. The maximum atomic E-state index is 13.5. The van der Waals surface area contributed by atoms with Gasteiger partial charge in [-0.05, 0) is 54.1 Å². The lowest BCUT2D eigenvalue weighted by Crippen LogP contribution is -2.26. The number of hydrogen-bond acceptors (Lipinski definition) is 4. The minimum Gasteiger partial charge on any atom is -0.495 e. The van der Waals surface area contributed by atoms with Gasteiger partial charge in [-0.1, -0.05) is 12.1 Å². The van der Waals surface area contributed by atoms with Crippen molar-refractivity contribution in [3.63, 3.8) is 0 Å². The summed E-state index contributed by atoms with van der Waals surface area (Å²) in [7, 11) is 3.34. The van der Waals surface area contributed by atoms with Crippen LogP contribution >= 0.6 is 0 Å². The number of ether oxygens (including phenoxy) is 1. The number of hydrogen-bond donors (Lipinski definition) is 0. The first-order chi connectivity index (χ1) is 15.0. The van der Waals surface area contributed by atoms with E-state index in [0.717, 1.165) is 16.7 Å². The highest BCUT2D eigenvalue weighted by Crippen LogP contribution is 2.43. The first-order valence-electron chi connectivity index (χ1n) is 9.68. The highest BCUT2D eigenvalue weighted by molar-refractivity contribution is 6.05. The summed E-state index contributed by atoms with van der Waals surface area (Å²) in [4.78, 5) is 18.6. The van der Waals surface area contributed by atoms with Crippen LogP contribution in [0.1, 0.15) is 6.92 Å². The Balaban J connectivity index is 2.03. The Morgan fingerprint density at radius 3 is 2.32 bits per heavy atom. The quantitative estimate of drug-likeness (QED) is 0.460. The van der Waals surface area contributed by atoms with Gasteiger partial charge in [0.1, 0.15) is 23.1 Å². The molecule has 0 spiro atoms. The number of carbonyl (C=O) groups is 1. The van der Waals surface area contributed by atoms with Crippen molar-refractivity contribution < 1.29 is 13.9 Å². The van der Waals surface area contributed by atoms with Crippen LogP contribution in [0.3, 0.4) is 0 Å². The smallest absolute Gasteiger partial charge is 0.229 e. The zero-order chi connectivity index (χ0) is 22.0. The lowest BCUT2D eigenvalue weighted by Gasteiger charge is -2.24. The second-order valence-corrected chi connectivity index (χ2v) is 6.94. The van der Waals surface area contributed by atoms with E-state index in [-0.39, 0.29) is 11.7 Å². The highest BCUT2D eigenvalue weighted by Gasteiger charge is 2.28. The monoisotopic (exact) mass is 416 g/mol. The summed E-state index contributed by atoms with van der Waals surface area (Å²) in [6.07, 6.45) is 3.36. The van der Waals surface area contributed by atoms with Crippen LogP contribution in [0, 0.1) is 5.82 Å². The van der Waals surface area contributed by atoms with Gasteiger partial charge >= 0.3 is 0 Å². The van der Waals surface area contributed by atoms with E-state index >= 15 is 0 Å². The van der Waals surface area contributed by atoms with Gasteiger partial charge in [-0.2, -0.15) is 5.10 Å². The number of rotatable bonds is 5. The average molecular weight is 416 g/mol. The third-order valence-corrected chi connectivity index (χ3v) is 4.96. The van der Waals surface area contributed by atoms with Crippen LogP contribution in [0.2, 0.25) is 0 Å². The molecule has 31 heavy (non-hydrogen) atoms. The van der Waals surface area contributed by atoms with E-state index in [1.165, 1.54) is 19.1 Å². The largest absolute Gasteiger partial charge is 0.495 e. The van der Waals surface area contributed by atoms with E-state index in [0.29, 0.717) is 22.9 Å². The predicted octanol–water partition coefficient (Wildman–Crippen LogP) is 4.98. The minimum atomic E-state index is -0.329. The molecule has 4 rings (SSSR count). The molecule has 4 aromatic rings. The molecule has 0 unspecified atom stereocenters. The van der Waals surface area contributed by atoms with Crippen molar-refractivity contribution in [1.29, 1.82) is 0 Å². The van der Waals surface area contributed by atoms with Gasteiger partial charge in [-0.15, -0.1) is 0 Å². The molecule has 156 valence electrons. The van der Waals surface area contributed by atoms with Gasteiger partial charge < -0.3 is 4.74 Å². The molecule has 7 heteroatoms. The van der Waals surface area contributed by atoms with Crippen molar-refractivity contribution in [3.8, 4) is 28.1 Å². The van der Waals surface area contributed by atoms with Crippen molar-refractivity contribution >= 4 is 17.4 Å². The molecule has 0 N–H and O–H groups in total. The van der Waals surface area contributed by atoms with Crippen LogP contribution in [0.25, 0.3) is 22.4 Å². The molecule has 2 aromatic heterocycles. The number of pyridine rings is 1. The van der Waals surface area contributed by atoms with Crippen molar-refractivity contribution in [2.75, 3.05) is 12.0 Å². The number of methoxy groups -OCH3 is 1. The SMILES string of the molecule is COc1ccccc1N(C(C)=O)c1c(-c2ccncc2)c(-c2ccc(F)cc2)nn1C. The van der Waals surface area contributed by atoms with E-state index < -0.39 is 0 Å². The lowest BCUT2D eigenvalue weighted by molar-refractivity contribution is -0.115. The maximum Gasteiger partial charge on any atom is 0.229 e. The Bertz CT molecular complexity index is 1220. The third kappa shape index (κ3) is 3.77. The highest BCUT2D eigenvalue weighted by atomic mass is 19.1. The van der Waals surface area contributed by atoms with Crippen LogP contribution < -0.4 is 9.64 Å². The lowest BCUT2D eigenvalue weighted by atomic mass is 10.0. The van der Waals surface area contributed by atoms with Gasteiger partial charge in [0.25, 0.3) is 0 Å². The molecule has 0 aliphatic carbocycles. The summed E-state index contributed by atoms with van der Waals surface area (Å²) < 4.78 is 20.7. The Labute approximate surface area is 179 Å². The number of anilines is 2. The maximum absolute atomic E-state index is 13.5. The second-order valence-electron chi connectivity index (χ2n) is 6.94. The molecule has 0 bridgehead atoms. The Kier molecular flexibility index (Phi) is 5.49. The standard InChI is InChI=1S/C24H21FN4O2/c1-16(30)29(20-6-4-5-7-21(20)31-3)24-22(17-12-14-26-15-13-17)23(27-28(24)2)18-8-10-19(25)11-9-18/h4-15H,1-3H3. The fourth-order valence-electron chi connectivity index (χ4n) is 3.61. The van der Waals surface area contributed by atoms with Crippen LogP contribution in [0.15, 0.2) is 73.1 Å². The normalized spacial score (nSPS) is 10.7. The summed E-state index contributed by atoms with van der Waals surface area (Å²) in [5.74, 6) is 0.601. The molecule has 0 saturated heterocycles. The van der Waals surface area contributed by atoms with Crippen LogP contribution in [-0.4, -0.2) is 27.8 Å². The van der Waals surface area contributed by atoms with Crippen molar-refractivity contribution in [3.05, 3.63) is 78.9 Å². The minimum absolute atomic E-state index is 0.200. The topological polar surface area (TPSA) is 60.2 Å². The molecule has 0 aliphatic heterocycles. The Morgan fingerprint density at radius 2 is 1.68 bits per heavy atom. The third-order valence-electron chi connectivity index (χ3n) is 4.96. The summed E-state index contributed by atoms with van der Waals surface area (Å²) in [6, 6.07) is 17.2. The van der Waals surface area contributed by atoms with Gasteiger partial charge in [0.2, 0.25) is 5.91 Å². The van der Waals surface area contributed by atoms with E-state index in [1.807, 2.05) is 30.3 Å². The number of amides is 1. The Morgan fingerprint density at radius 1 is 1.00 bits per heavy atom. The number of aryl methyl sites for hydroxylation is 1. The van der Waals surface area contributed by atoms with Gasteiger partial charge in [-0.3, -0.25) is 19.4 Å². The summed E-state index contributed by atoms with van der Waals surface area (Å²) >= 11 is 0. The van der Waals surface area contributed by atoms with E-state index in [2.05, 4.69) is 4.98 Å². The van der Waals surface area contributed by atoms with Crippen molar-refractivity contribution in [2.45, 2.75) is 6.92 Å². The van der Waals surface area contributed by atoms with Crippen LogP contribution in [0.5, 0.6) is 5.75 Å². The van der Waals surface area contributed by atoms with E-state index in [4.69, 9.17) is 9.84 Å². The van der Waals surface area contributed by atoms with Gasteiger partial charge in [0.15, 0.2) is 0 Å². The molecule has 6 nitrogen and oxygen atoms in total. The fourth-order valence-corrected chi connectivity index (χ4v) is 3.61. The van der Waals surface area contributed by atoms with Gasteiger partial charge in [0.05, 0.1) is 18.4 Å². The first kappa shape index (κ1) is 20.3. The van der Waals surface area contributed by atoms with E-state index in [9.17, 15) is 9.18 Å². The average Bonchev–Trinajstić information content (AvgIpc) is 3.12. The zero-order valence-electron chi connectivity index (χ0n) is 17.4. The number of benzene rings is 2. The molecular weight excluding hydrogens is 395 g/mol. The van der Waals surface area contributed by atoms with Crippen LogP contribution in [0.4, 0.5) is 15.9 Å². The molecule has 0 fully saturated rings. The molecule has 1 amide bonds. The van der Waals surface area contributed by atoms with Crippen molar-refractivity contribution in [2.24, 2.45) is 7.05 Å². The number of halogens is 1. The molecule has 2 heterocycles. The zero-order valence-corrected chi connectivity index (χ0v) is 17.4. The molecule has 2 aromatic carbocycles. The van der Waals surface area contributed by atoms with E-state index in [1.54, 1.807) is 54.3 Å². The molecule has 0 atom stereocenters. The number of para-hydroxylation sites is 2. The Hall–Kier alpha value is -4.00. The number of nitrogens with zero attached hydrogens (tertiary/aromatic N) is 4. The number of aromatic nitrogens is 3. The second kappa shape index (κ2) is 8.39. The fraction of sp³-hybridized carbons (Fsp3) is 0.125.